The largest absolute Gasteiger partial charge is 0.455 e. The van der Waals surface area contributed by atoms with Gasteiger partial charge < -0.3 is 25.0 Å². The number of aliphatic hydroxyl groups is 1. The zero-order valence-electron chi connectivity index (χ0n) is 37.2. The normalized spacial score (nSPS) is 23.4. The van der Waals surface area contributed by atoms with Crippen molar-refractivity contribution < 1.29 is 32.4 Å². The Morgan fingerprint density at radius 3 is 2.52 bits per heavy atom. The molecule has 2 aliphatic heterocycles. The van der Waals surface area contributed by atoms with Crippen LogP contribution >= 0.6 is 0 Å². The van der Waals surface area contributed by atoms with Gasteiger partial charge in [0.1, 0.15) is 28.7 Å². The number of carbonyl (C=O) groups is 1. The fourth-order valence-corrected chi connectivity index (χ4v) is 11.8. The van der Waals surface area contributed by atoms with Gasteiger partial charge in [-0.25, -0.2) is 22.5 Å². The second-order valence-corrected chi connectivity index (χ2v) is 21.1. The molecule has 2 aliphatic carbocycles. The number of H-pyrrole nitrogens is 1. The summed E-state index contributed by atoms with van der Waals surface area (Å²) < 4.78 is 50.4. The lowest BCUT2D eigenvalue weighted by atomic mass is 9.70. The van der Waals surface area contributed by atoms with Crippen molar-refractivity contribution in [2.75, 3.05) is 42.9 Å². The smallest absolute Gasteiger partial charge is 0.293 e. The molecular weight excluding hydrogens is 850 g/mol. The van der Waals surface area contributed by atoms with Gasteiger partial charge in [-0.1, -0.05) is 44.5 Å². The number of benzene rings is 3. The Morgan fingerprint density at radius 2 is 1.78 bits per heavy atom. The lowest BCUT2D eigenvalue weighted by molar-refractivity contribution is -0.384. The summed E-state index contributed by atoms with van der Waals surface area (Å²) in [6.07, 6.45) is 11.0. The molecule has 16 heteroatoms. The van der Waals surface area contributed by atoms with Crippen LogP contribution in [0.3, 0.4) is 0 Å². The van der Waals surface area contributed by atoms with Gasteiger partial charge in [-0.05, 0) is 123 Å². The molecule has 344 valence electrons. The monoisotopic (exact) mass is 907 g/mol. The molecule has 65 heavy (non-hydrogen) atoms. The highest BCUT2D eigenvalue weighted by atomic mass is 32.2. The van der Waals surface area contributed by atoms with E-state index in [9.17, 15) is 32.8 Å². The van der Waals surface area contributed by atoms with Gasteiger partial charge in [0.2, 0.25) is 0 Å². The predicted molar refractivity (Wildman–Crippen MR) is 248 cm³/mol. The van der Waals surface area contributed by atoms with Gasteiger partial charge in [0.25, 0.3) is 21.6 Å². The highest BCUT2D eigenvalue weighted by molar-refractivity contribution is 7.90. The fourth-order valence-electron chi connectivity index (χ4n) is 10.8. The van der Waals surface area contributed by atoms with Crippen molar-refractivity contribution in [3.8, 4) is 11.5 Å². The van der Waals surface area contributed by atoms with Crippen LogP contribution in [-0.4, -0.2) is 83.6 Å². The number of sulfonamides is 1. The maximum absolute atomic E-state index is 14.6. The van der Waals surface area contributed by atoms with Gasteiger partial charge in [-0.2, -0.15) is 0 Å². The summed E-state index contributed by atoms with van der Waals surface area (Å²) in [5.74, 6) is -0.149. The molecule has 1 amide bonds. The van der Waals surface area contributed by atoms with Crippen LogP contribution in [0.25, 0.3) is 11.0 Å². The lowest BCUT2D eigenvalue weighted by Gasteiger charge is -2.57. The molecule has 2 saturated carbocycles. The van der Waals surface area contributed by atoms with Crippen molar-refractivity contribution in [3.63, 3.8) is 0 Å². The summed E-state index contributed by atoms with van der Waals surface area (Å²) in [6, 6.07) is 19.4. The zero-order valence-corrected chi connectivity index (χ0v) is 38.0. The Labute approximate surface area is 379 Å². The number of aromatic nitrogens is 2. The minimum atomic E-state index is -4.62. The number of nitrogens with one attached hydrogen (secondary N) is 3. The topological polar surface area (TPSA) is 183 Å². The quantitative estimate of drug-likeness (QED) is 0.0653. The van der Waals surface area contributed by atoms with E-state index in [1.165, 1.54) is 67.0 Å². The molecule has 2 saturated heterocycles. The average molecular weight is 908 g/mol. The lowest BCUT2D eigenvalue weighted by Crippen LogP contribution is -2.63. The second-order valence-electron chi connectivity index (χ2n) is 19.5. The number of piperidine rings is 1. The van der Waals surface area contributed by atoms with Crippen LogP contribution in [-0.2, 0) is 10.0 Å². The Morgan fingerprint density at radius 1 is 1.03 bits per heavy atom. The molecule has 4 heterocycles. The summed E-state index contributed by atoms with van der Waals surface area (Å²) in [5.41, 5.74) is 3.17. The molecule has 4 N–H and O–H groups in total. The first-order chi connectivity index (χ1) is 31.1. The van der Waals surface area contributed by atoms with Crippen molar-refractivity contribution in [2.45, 2.75) is 107 Å². The minimum absolute atomic E-state index is 0.0334. The van der Waals surface area contributed by atoms with Crippen LogP contribution in [0.1, 0.15) is 112 Å². The number of fused-ring (bicyclic) bond motifs is 1. The first-order valence-electron chi connectivity index (χ1n) is 22.9. The molecule has 2 aromatic heterocycles. The van der Waals surface area contributed by atoms with Crippen molar-refractivity contribution >= 4 is 44.0 Å². The number of aromatic amines is 1. The first kappa shape index (κ1) is 44.6. The number of nitrogens with zero attached hydrogens (tertiary/aromatic N) is 4. The maximum atomic E-state index is 14.6. The molecule has 4 fully saturated rings. The van der Waals surface area contributed by atoms with E-state index < -0.39 is 42.9 Å². The third-order valence-electron chi connectivity index (χ3n) is 14.6. The molecule has 0 unspecified atom stereocenters. The highest BCUT2D eigenvalue weighted by Gasteiger charge is 2.49. The van der Waals surface area contributed by atoms with Crippen molar-refractivity contribution in [2.24, 2.45) is 11.3 Å². The predicted octanol–water partition coefficient (Wildman–Crippen LogP) is 9.24. The second kappa shape index (κ2) is 17.7. The van der Waals surface area contributed by atoms with Crippen LogP contribution < -0.4 is 19.7 Å². The number of pyridine rings is 1. The number of carbonyl (C=O) groups excluding carboxylic acids is 1. The number of hydrogen-bond acceptors (Lipinski definition) is 11. The summed E-state index contributed by atoms with van der Waals surface area (Å²) in [5, 5.41) is 25.7. The molecule has 1 spiro atoms. The van der Waals surface area contributed by atoms with Gasteiger partial charge >= 0.3 is 0 Å². The Kier molecular flexibility index (Phi) is 12.1. The number of hydrogen-bond donors (Lipinski definition) is 4. The van der Waals surface area contributed by atoms with Gasteiger partial charge in [0.15, 0.2) is 0 Å². The third kappa shape index (κ3) is 9.30. The van der Waals surface area contributed by atoms with Gasteiger partial charge in [-0.15, -0.1) is 0 Å². The Balaban J connectivity index is 0.905. The van der Waals surface area contributed by atoms with Crippen molar-refractivity contribution in [1.82, 2.24) is 19.6 Å². The first-order valence-corrected chi connectivity index (χ1v) is 24.4. The maximum Gasteiger partial charge on any atom is 0.293 e. The van der Waals surface area contributed by atoms with E-state index in [-0.39, 0.29) is 39.5 Å². The fraction of sp³-hybridized carbons (Fsp3) is 0.469. The highest BCUT2D eigenvalue weighted by Crippen LogP contribution is 2.49. The van der Waals surface area contributed by atoms with Crippen molar-refractivity contribution in [3.05, 3.63) is 112 Å². The molecule has 14 nitrogen and oxygen atoms in total. The van der Waals surface area contributed by atoms with Crippen molar-refractivity contribution in [1.29, 1.82) is 0 Å². The van der Waals surface area contributed by atoms with E-state index in [0.717, 1.165) is 63.6 Å². The molecule has 4 aliphatic rings. The number of rotatable bonds is 13. The Bertz CT molecular complexity index is 2700. The number of amides is 1. The van der Waals surface area contributed by atoms with Gasteiger partial charge in [0, 0.05) is 62.8 Å². The molecule has 0 radical (unpaired) electrons. The number of halogens is 1. The van der Waals surface area contributed by atoms with E-state index in [2.05, 4.69) is 67.9 Å². The van der Waals surface area contributed by atoms with E-state index in [0.29, 0.717) is 42.9 Å². The van der Waals surface area contributed by atoms with Crippen LogP contribution in [0.4, 0.5) is 21.5 Å². The van der Waals surface area contributed by atoms with Crippen LogP contribution in [0.2, 0.25) is 0 Å². The van der Waals surface area contributed by atoms with Gasteiger partial charge in [0.05, 0.1) is 32.6 Å². The Hall–Kier alpha value is -5.58. The van der Waals surface area contributed by atoms with E-state index in [4.69, 9.17) is 4.74 Å². The SMILES string of the molecule is CC(C)c1ccccc1[C@@H]1CCC[C@@H]1N1CC2(CCN(c3ccc(C(=O)NS(=O)(=O)c4ccc(NC[C@H]5CC[C@](C)(O)CC5)c([N+](=O)[O-])c4)c(Oc4cnc5[nH]cc(F)c5c4)c3)CC2)C1. The molecule has 0 bridgehead atoms. The minimum Gasteiger partial charge on any atom is -0.455 e. The van der Waals surface area contributed by atoms with E-state index in [1.807, 2.05) is 0 Å². The van der Waals surface area contributed by atoms with Crippen LogP contribution in [0.15, 0.2) is 84.0 Å². The number of ether oxygens (including phenoxy) is 1. The average Bonchev–Trinajstić information content (AvgIpc) is 3.91. The van der Waals surface area contributed by atoms with E-state index in [1.54, 1.807) is 19.1 Å². The number of likely N-dealkylation sites (tertiary alicyclic amines) is 1. The van der Waals surface area contributed by atoms with E-state index >= 15 is 0 Å². The molecule has 9 rings (SSSR count). The number of nitro benzene ring substituents is 1. The zero-order chi connectivity index (χ0) is 45.7. The molecule has 2 atom stereocenters. The molecule has 3 aromatic carbocycles. The molecule has 5 aromatic rings. The standard InChI is InChI=1S/C49H58FN7O7S/c1-31(2)36-7-4-5-8-37(36)38-9-6-10-43(38)56-29-49(30-56)19-21-55(22-20-49)33-11-13-39(45(23-33)64-34-24-40-41(50)28-53-46(40)52-27-34)47(58)54-65(62,63)35-12-14-42(44(25-35)57(60)61)51-26-32-15-17-48(3,59)18-16-32/h4-5,7-8,11-14,23-25,27-28,31-32,38,43,51,59H,6,9-10,15-22,26,29-30H2,1-3H3,(H,52,53)(H,54,58)/t32-,38-,43-,48-/m0/s1. The summed E-state index contributed by atoms with van der Waals surface area (Å²) in [7, 11) is -4.62. The number of nitro groups is 1. The van der Waals surface area contributed by atoms with Gasteiger partial charge in [-0.3, -0.25) is 19.8 Å². The third-order valence-corrected chi connectivity index (χ3v) is 15.9. The summed E-state index contributed by atoms with van der Waals surface area (Å²) in [4.78, 5) is 37.0. The van der Waals surface area contributed by atoms with Crippen LogP contribution in [0.5, 0.6) is 11.5 Å². The summed E-state index contributed by atoms with van der Waals surface area (Å²) >= 11 is 0. The molecular formula is C49H58FN7O7S. The number of anilines is 2. The van der Waals surface area contributed by atoms with Crippen LogP contribution in [0, 0.1) is 27.3 Å². The summed E-state index contributed by atoms with van der Waals surface area (Å²) in [6.45, 7) is 10.5.